The van der Waals surface area contributed by atoms with E-state index in [0.29, 0.717) is 29.4 Å². The number of nitrogens with zero attached hydrogens (tertiary/aromatic N) is 5. The molecule has 1 saturated heterocycles. The third kappa shape index (κ3) is 3.41. The van der Waals surface area contributed by atoms with Crippen molar-refractivity contribution >= 4 is 23.0 Å². The molecule has 0 radical (unpaired) electrons. The average molecular weight is 407 g/mol. The van der Waals surface area contributed by atoms with Crippen LogP contribution in [0.15, 0.2) is 30.7 Å². The zero-order chi connectivity index (χ0) is 20.8. The second-order valence-corrected chi connectivity index (χ2v) is 7.91. The van der Waals surface area contributed by atoms with E-state index < -0.39 is 5.82 Å². The fourth-order valence-corrected chi connectivity index (χ4v) is 3.99. The third-order valence-electron chi connectivity index (χ3n) is 5.44. The van der Waals surface area contributed by atoms with Crippen molar-refractivity contribution in [1.82, 2.24) is 29.3 Å². The topological polar surface area (TPSA) is 88.6 Å². The molecular weight excluding hydrogens is 385 g/mol. The van der Waals surface area contributed by atoms with Crippen molar-refractivity contribution in [1.29, 1.82) is 0 Å². The normalized spacial score (nSPS) is 16.6. The van der Waals surface area contributed by atoms with Crippen LogP contribution in [-0.2, 0) is 4.79 Å². The largest absolute Gasteiger partial charge is 0.316 e. The van der Waals surface area contributed by atoms with Crippen LogP contribution >= 0.6 is 0 Å². The summed E-state index contributed by atoms with van der Waals surface area (Å²) in [7, 11) is 0. The van der Waals surface area contributed by atoms with Crippen molar-refractivity contribution in [2.75, 3.05) is 18.4 Å². The molecular formula is C21H22FN7O. The molecule has 5 rings (SSSR count). The van der Waals surface area contributed by atoms with Crippen LogP contribution in [0, 0.1) is 25.6 Å². The van der Waals surface area contributed by atoms with Gasteiger partial charge in [-0.05, 0) is 57.0 Å². The minimum Gasteiger partial charge on any atom is -0.316 e. The molecule has 0 spiro atoms. The van der Waals surface area contributed by atoms with E-state index in [9.17, 15) is 9.18 Å². The monoisotopic (exact) mass is 407 g/mol. The molecule has 5 heterocycles. The van der Waals surface area contributed by atoms with Crippen LogP contribution in [0.2, 0.25) is 0 Å². The summed E-state index contributed by atoms with van der Waals surface area (Å²) in [5, 5.41) is 10.6. The molecule has 30 heavy (non-hydrogen) atoms. The summed E-state index contributed by atoms with van der Waals surface area (Å²) in [6.07, 6.45) is 6.65. The summed E-state index contributed by atoms with van der Waals surface area (Å²) in [6, 6.07) is 3.30. The van der Waals surface area contributed by atoms with Gasteiger partial charge in [0, 0.05) is 18.2 Å². The number of rotatable bonds is 4. The first-order chi connectivity index (χ1) is 14.5. The third-order valence-corrected chi connectivity index (χ3v) is 5.44. The summed E-state index contributed by atoms with van der Waals surface area (Å²) < 4.78 is 18.1. The van der Waals surface area contributed by atoms with Gasteiger partial charge in [0.2, 0.25) is 5.91 Å². The minimum atomic E-state index is -0.477. The number of aryl methyl sites for hydroxylation is 2. The SMILES string of the molecule is Cc1cn2nc(-c3cc(F)c4nc(NC(=O)CC5CCNC5)cn4c3)cc(C)c2n1. The van der Waals surface area contributed by atoms with E-state index in [1.165, 1.54) is 6.07 Å². The molecule has 0 bridgehead atoms. The van der Waals surface area contributed by atoms with Crippen LogP contribution in [0.3, 0.4) is 0 Å². The lowest BCUT2D eigenvalue weighted by Crippen LogP contribution is -2.18. The van der Waals surface area contributed by atoms with Crippen molar-refractivity contribution in [3.05, 3.63) is 47.8 Å². The molecule has 9 heteroatoms. The molecule has 0 saturated carbocycles. The number of imidazole rings is 2. The van der Waals surface area contributed by atoms with Gasteiger partial charge in [-0.3, -0.25) is 4.79 Å². The van der Waals surface area contributed by atoms with Crippen molar-refractivity contribution in [3.8, 4) is 11.3 Å². The Labute approximate surface area is 172 Å². The number of carbonyl (C=O) groups excluding carboxylic acids is 1. The number of pyridine rings is 1. The molecule has 1 unspecified atom stereocenters. The van der Waals surface area contributed by atoms with E-state index >= 15 is 0 Å². The molecule has 2 N–H and O–H groups in total. The second-order valence-electron chi connectivity index (χ2n) is 7.91. The highest BCUT2D eigenvalue weighted by molar-refractivity contribution is 5.90. The highest BCUT2D eigenvalue weighted by atomic mass is 19.1. The molecule has 0 aromatic carbocycles. The zero-order valence-corrected chi connectivity index (χ0v) is 16.8. The van der Waals surface area contributed by atoms with Gasteiger partial charge in [0.1, 0.15) is 0 Å². The molecule has 1 aliphatic rings. The Morgan fingerprint density at radius 1 is 1.23 bits per heavy atom. The fraction of sp³-hybridized carbons (Fsp3) is 0.333. The number of hydrogen-bond donors (Lipinski definition) is 2. The van der Waals surface area contributed by atoms with Crippen molar-refractivity contribution in [3.63, 3.8) is 0 Å². The number of fused-ring (bicyclic) bond motifs is 2. The minimum absolute atomic E-state index is 0.106. The van der Waals surface area contributed by atoms with Crippen LogP contribution < -0.4 is 10.6 Å². The summed E-state index contributed by atoms with van der Waals surface area (Å²) >= 11 is 0. The van der Waals surface area contributed by atoms with Crippen LogP contribution in [0.4, 0.5) is 10.2 Å². The molecule has 0 aliphatic carbocycles. The molecule has 1 amide bonds. The van der Waals surface area contributed by atoms with Gasteiger partial charge >= 0.3 is 0 Å². The van der Waals surface area contributed by atoms with Crippen molar-refractivity contribution in [2.45, 2.75) is 26.7 Å². The van der Waals surface area contributed by atoms with Crippen LogP contribution in [0.5, 0.6) is 0 Å². The molecule has 154 valence electrons. The smallest absolute Gasteiger partial charge is 0.225 e. The second kappa shape index (κ2) is 7.17. The van der Waals surface area contributed by atoms with E-state index in [0.717, 1.165) is 36.4 Å². The Balaban J connectivity index is 1.45. The lowest BCUT2D eigenvalue weighted by atomic mass is 10.1. The van der Waals surface area contributed by atoms with Gasteiger partial charge in [-0.1, -0.05) is 0 Å². The standard InChI is InChI=1S/C21H22FN7O/c1-12-5-17(27-29-9-13(2)24-20(12)29)15-7-16(22)21-26-18(11-28(21)10-15)25-19(30)6-14-3-4-23-8-14/h5,7,9-11,14,23H,3-4,6,8H2,1-2H3,(H,25,30). The Kier molecular flexibility index (Phi) is 4.47. The van der Waals surface area contributed by atoms with Crippen molar-refractivity contribution < 1.29 is 9.18 Å². The van der Waals surface area contributed by atoms with E-state index in [1.54, 1.807) is 21.3 Å². The van der Waals surface area contributed by atoms with Gasteiger partial charge in [0.15, 0.2) is 22.9 Å². The lowest BCUT2D eigenvalue weighted by molar-refractivity contribution is -0.117. The lowest BCUT2D eigenvalue weighted by Gasteiger charge is -2.06. The maximum atomic E-state index is 14.8. The Hall–Kier alpha value is -3.33. The molecule has 4 aromatic heterocycles. The van der Waals surface area contributed by atoms with Gasteiger partial charge in [-0.2, -0.15) is 5.10 Å². The Morgan fingerprint density at radius 3 is 2.90 bits per heavy atom. The maximum Gasteiger partial charge on any atom is 0.225 e. The summed E-state index contributed by atoms with van der Waals surface area (Å²) in [6.45, 7) is 5.65. The Bertz CT molecular complexity index is 1270. The van der Waals surface area contributed by atoms with E-state index in [-0.39, 0.29) is 11.6 Å². The van der Waals surface area contributed by atoms with E-state index in [4.69, 9.17) is 0 Å². The number of carbonyl (C=O) groups is 1. The number of amides is 1. The van der Waals surface area contributed by atoms with Crippen LogP contribution in [0.25, 0.3) is 22.6 Å². The van der Waals surface area contributed by atoms with Gasteiger partial charge in [-0.25, -0.2) is 18.9 Å². The summed E-state index contributed by atoms with van der Waals surface area (Å²) in [4.78, 5) is 21.0. The first-order valence-corrected chi connectivity index (χ1v) is 9.99. The first-order valence-electron chi connectivity index (χ1n) is 9.99. The van der Waals surface area contributed by atoms with Gasteiger partial charge in [0.05, 0.1) is 23.8 Å². The predicted octanol–water partition coefficient (Wildman–Crippen LogP) is 2.74. The molecule has 1 fully saturated rings. The van der Waals surface area contributed by atoms with Gasteiger partial charge < -0.3 is 15.0 Å². The highest BCUT2D eigenvalue weighted by Gasteiger charge is 2.19. The molecule has 4 aromatic rings. The fourth-order valence-electron chi connectivity index (χ4n) is 3.99. The zero-order valence-electron chi connectivity index (χ0n) is 16.8. The van der Waals surface area contributed by atoms with Gasteiger partial charge in [0.25, 0.3) is 0 Å². The number of nitrogens with one attached hydrogen (secondary N) is 2. The van der Waals surface area contributed by atoms with E-state index in [1.807, 2.05) is 26.1 Å². The van der Waals surface area contributed by atoms with E-state index in [2.05, 4.69) is 25.7 Å². The highest BCUT2D eigenvalue weighted by Crippen LogP contribution is 2.24. The number of hydrogen-bond acceptors (Lipinski definition) is 5. The first kappa shape index (κ1) is 18.7. The molecule has 1 atom stereocenters. The maximum absolute atomic E-state index is 14.8. The quantitative estimate of drug-likeness (QED) is 0.543. The van der Waals surface area contributed by atoms with Crippen LogP contribution in [0.1, 0.15) is 24.1 Å². The number of anilines is 1. The average Bonchev–Trinajstić information content (AvgIpc) is 3.41. The van der Waals surface area contributed by atoms with Gasteiger partial charge in [-0.15, -0.1) is 0 Å². The summed E-state index contributed by atoms with van der Waals surface area (Å²) in [5.74, 6) is 0.0913. The van der Waals surface area contributed by atoms with Crippen LogP contribution in [-0.4, -0.2) is 43.0 Å². The Morgan fingerprint density at radius 2 is 2.10 bits per heavy atom. The molecule has 8 nitrogen and oxygen atoms in total. The number of aromatic nitrogens is 5. The summed E-state index contributed by atoms with van der Waals surface area (Å²) in [5.41, 5.74) is 4.01. The number of halogens is 1. The predicted molar refractivity (Wildman–Crippen MR) is 111 cm³/mol. The molecule has 1 aliphatic heterocycles. The van der Waals surface area contributed by atoms with Crippen molar-refractivity contribution in [2.24, 2.45) is 5.92 Å².